The molecule has 188 valence electrons. The number of amides is 1. The van der Waals surface area contributed by atoms with Crippen molar-refractivity contribution in [2.75, 3.05) is 18.6 Å². The van der Waals surface area contributed by atoms with Crippen molar-refractivity contribution in [3.8, 4) is 0 Å². The fraction of sp³-hybridized carbons (Fsp3) is 0.316. The second kappa shape index (κ2) is 10.0. The van der Waals surface area contributed by atoms with Crippen LogP contribution in [0.4, 0.5) is 5.69 Å². The highest BCUT2D eigenvalue weighted by Crippen LogP contribution is 2.49. The van der Waals surface area contributed by atoms with Crippen molar-refractivity contribution in [1.82, 2.24) is 25.1 Å². The number of aliphatic carboxylic acids is 2. The van der Waals surface area contributed by atoms with Crippen LogP contribution in [0.15, 0.2) is 45.7 Å². The summed E-state index contributed by atoms with van der Waals surface area (Å²) in [5.41, 5.74) is -1.03. The van der Waals surface area contributed by atoms with E-state index in [1.54, 1.807) is 0 Å². The highest BCUT2D eigenvalue weighted by molar-refractivity contribution is 8.01. The molecule has 1 aromatic carbocycles. The van der Waals surface area contributed by atoms with Gasteiger partial charge in [0.1, 0.15) is 17.6 Å². The van der Waals surface area contributed by atoms with Crippen LogP contribution in [0.25, 0.3) is 0 Å². The minimum Gasteiger partial charge on any atom is -0.480 e. The Kier molecular flexibility index (Phi) is 7.04. The van der Waals surface area contributed by atoms with Gasteiger partial charge in [-0.25, -0.2) is 14.5 Å². The first-order chi connectivity index (χ1) is 17.2. The van der Waals surface area contributed by atoms with Crippen LogP contribution in [0.3, 0.4) is 0 Å². The molecule has 17 heteroatoms. The molecule has 3 heterocycles. The number of carboxylic acids is 2. The number of nitrogens with zero attached hydrogens (tertiary/aromatic N) is 7. The lowest BCUT2D eigenvalue weighted by atomic mass is 9.99. The zero-order valence-corrected chi connectivity index (χ0v) is 20.0. The number of methoxy groups -OCH3 is 1. The number of β-lactam (4-membered cyclic amide) rings is 1. The van der Waals surface area contributed by atoms with Gasteiger partial charge in [0.2, 0.25) is 5.16 Å². The number of ether oxygens (including phenoxy) is 1. The molecule has 0 radical (unpaired) electrons. The highest BCUT2D eigenvalue weighted by Gasteiger charge is 2.66. The van der Waals surface area contributed by atoms with Gasteiger partial charge in [-0.05, 0) is 33.7 Å². The number of carboxylic acid groups (broad SMARTS) is 2. The molecule has 0 aliphatic carbocycles. The van der Waals surface area contributed by atoms with E-state index in [1.807, 2.05) is 0 Å². The van der Waals surface area contributed by atoms with Gasteiger partial charge in [0.25, 0.3) is 17.3 Å². The average Bonchev–Trinajstić information content (AvgIpc) is 3.28. The summed E-state index contributed by atoms with van der Waals surface area (Å²) >= 11 is 2.31. The van der Waals surface area contributed by atoms with Crippen LogP contribution in [0.1, 0.15) is 5.56 Å². The average molecular weight is 536 g/mol. The Morgan fingerprint density at radius 3 is 2.72 bits per heavy atom. The van der Waals surface area contributed by atoms with Crippen LogP contribution in [0.5, 0.6) is 0 Å². The number of tetrazole rings is 1. The topological polar surface area (TPSA) is 203 Å². The molecule has 15 nitrogen and oxygen atoms in total. The van der Waals surface area contributed by atoms with Crippen LogP contribution in [0, 0.1) is 10.1 Å². The predicted octanol–water partition coefficient (Wildman–Crippen LogP) is 0.474. The van der Waals surface area contributed by atoms with E-state index in [9.17, 15) is 29.6 Å². The molecule has 4 rings (SSSR count). The third-order valence-electron chi connectivity index (χ3n) is 5.27. The van der Waals surface area contributed by atoms with Gasteiger partial charge in [-0.15, -0.1) is 16.9 Å². The van der Waals surface area contributed by atoms with Gasteiger partial charge >= 0.3 is 11.9 Å². The Labute approximate surface area is 210 Å². The zero-order chi connectivity index (χ0) is 26.0. The van der Waals surface area contributed by atoms with Crippen LogP contribution < -0.4 is 0 Å². The van der Waals surface area contributed by atoms with Crippen molar-refractivity contribution in [2.45, 2.75) is 22.8 Å². The number of rotatable bonds is 10. The first-order valence-electron chi connectivity index (χ1n) is 10.0. The van der Waals surface area contributed by atoms with Gasteiger partial charge in [-0.3, -0.25) is 24.6 Å². The molecule has 2 N–H and O–H groups in total. The molecule has 1 saturated heterocycles. The van der Waals surface area contributed by atoms with E-state index in [2.05, 4.69) is 20.5 Å². The number of hydrogen-bond acceptors (Lipinski definition) is 12. The van der Waals surface area contributed by atoms with Crippen molar-refractivity contribution in [1.29, 1.82) is 0 Å². The summed E-state index contributed by atoms with van der Waals surface area (Å²) < 4.78 is 6.52. The molecule has 2 aliphatic rings. The first-order valence-corrected chi connectivity index (χ1v) is 12.1. The molecular formula is C19H17N7O8S2. The first kappa shape index (κ1) is 25.3. The number of aromatic nitrogens is 4. The van der Waals surface area contributed by atoms with Gasteiger partial charge < -0.3 is 14.9 Å². The summed E-state index contributed by atoms with van der Waals surface area (Å²) in [6.45, 7) is -0.454. The Morgan fingerprint density at radius 2 is 2.11 bits per heavy atom. The number of carbonyl (C=O) groups excluding carboxylic acids is 1. The molecule has 2 atom stereocenters. The quantitative estimate of drug-likeness (QED) is 0.140. The molecule has 2 aromatic rings. The molecule has 0 saturated carbocycles. The molecule has 1 aromatic heterocycles. The van der Waals surface area contributed by atoms with Crippen LogP contribution in [-0.4, -0.2) is 94.0 Å². The maximum absolute atomic E-state index is 13.2. The maximum atomic E-state index is 13.2. The number of non-ortho nitro benzene ring substituents is 1. The maximum Gasteiger partial charge on any atom is 0.352 e. The normalized spacial score (nSPS) is 21.4. The van der Waals surface area contributed by atoms with Crippen LogP contribution in [-0.2, 0) is 25.7 Å². The SMILES string of the molecule is COC1(N=Cc2ccc([N+](=O)[O-])cc2)C(=O)N2C(C(=O)O)=C(CSc3nnnn3CC(=O)O)CS[C@@H]21. The van der Waals surface area contributed by atoms with Gasteiger partial charge in [-0.1, -0.05) is 11.8 Å². The van der Waals surface area contributed by atoms with E-state index < -0.39 is 40.4 Å². The molecule has 36 heavy (non-hydrogen) atoms. The van der Waals surface area contributed by atoms with Crippen LogP contribution in [0.2, 0.25) is 0 Å². The molecule has 0 bridgehead atoms. The zero-order valence-electron chi connectivity index (χ0n) is 18.4. The number of carbonyl (C=O) groups is 3. The molecular weight excluding hydrogens is 518 g/mol. The predicted molar refractivity (Wildman–Crippen MR) is 124 cm³/mol. The lowest BCUT2D eigenvalue weighted by Gasteiger charge is -2.53. The lowest BCUT2D eigenvalue weighted by Crippen LogP contribution is -2.73. The number of nitro benzene ring substituents is 1. The van der Waals surface area contributed by atoms with E-state index in [4.69, 9.17) is 9.84 Å². The number of benzene rings is 1. The lowest BCUT2D eigenvalue weighted by molar-refractivity contribution is -0.384. The summed E-state index contributed by atoms with van der Waals surface area (Å²) in [6.07, 6.45) is 1.35. The Balaban J connectivity index is 1.55. The van der Waals surface area contributed by atoms with Crippen LogP contribution >= 0.6 is 23.5 Å². The number of hydrogen-bond donors (Lipinski definition) is 2. The van der Waals surface area contributed by atoms with E-state index in [-0.39, 0.29) is 28.0 Å². The molecule has 1 amide bonds. The fourth-order valence-corrected chi connectivity index (χ4v) is 6.02. The largest absolute Gasteiger partial charge is 0.480 e. The van der Waals surface area contributed by atoms with Gasteiger partial charge in [0, 0.05) is 37.0 Å². The minimum absolute atomic E-state index is 0.0963. The monoisotopic (exact) mass is 535 g/mol. The van der Waals surface area contributed by atoms with Gasteiger partial charge in [0.05, 0.1) is 4.92 Å². The summed E-state index contributed by atoms with van der Waals surface area (Å²) in [5.74, 6) is -2.77. The Hall–Kier alpha value is -3.83. The molecule has 0 spiro atoms. The second-order valence-electron chi connectivity index (χ2n) is 7.40. The fourth-order valence-electron chi connectivity index (χ4n) is 3.57. The smallest absolute Gasteiger partial charge is 0.352 e. The van der Waals surface area contributed by atoms with Gasteiger partial charge in [0.15, 0.2) is 0 Å². The van der Waals surface area contributed by atoms with Crippen molar-refractivity contribution >= 4 is 53.3 Å². The van der Waals surface area contributed by atoms with Gasteiger partial charge in [-0.2, -0.15) is 0 Å². The van der Waals surface area contributed by atoms with Crippen molar-refractivity contribution in [2.24, 2.45) is 4.99 Å². The third-order valence-corrected chi connectivity index (χ3v) is 7.67. The second-order valence-corrected chi connectivity index (χ2v) is 9.42. The summed E-state index contributed by atoms with van der Waals surface area (Å²) in [6, 6.07) is 5.53. The van der Waals surface area contributed by atoms with E-state index in [0.29, 0.717) is 11.1 Å². The van der Waals surface area contributed by atoms with E-state index in [1.165, 1.54) is 49.4 Å². The number of aliphatic imine (C=N–C) groups is 1. The Morgan fingerprint density at radius 1 is 1.39 bits per heavy atom. The summed E-state index contributed by atoms with van der Waals surface area (Å²) in [4.78, 5) is 51.9. The standard InChI is InChI=1S/C19H17N7O8S2/c1-34-19(20-6-10-2-4-12(5-3-10)26(32)33)16(31)25-14(15(29)30)11(8-35-17(19)25)9-36-18-21-22-23-24(18)7-13(27)28/h2-6,17H,7-9H2,1H3,(H,27,28)(H,29,30)/t17-,19?/m1/s1. The third kappa shape index (κ3) is 4.54. The number of nitro groups is 1. The molecule has 2 aliphatic heterocycles. The minimum atomic E-state index is -1.66. The van der Waals surface area contributed by atoms with Crippen molar-refractivity contribution in [3.63, 3.8) is 0 Å². The highest BCUT2D eigenvalue weighted by atomic mass is 32.2. The van der Waals surface area contributed by atoms with Crippen molar-refractivity contribution < 1.29 is 34.3 Å². The van der Waals surface area contributed by atoms with E-state index >= 15 is 0 Å². The van der Waals surface area contributed by atoms with E-state index in [0.717, 1.165) is 21.3 Å². The number of thioether (sulfide) groups is 2. The summed E-state index contributed by atoms with van der Waals surface area (Å²) in [5, 5.41) is 39.9. The van der Waals surface area contributed by atoms with Crippen molar-refractivity contribution in [3.05, 3.63) is 51.2 Å². The molecule has 1 fully saturated rings. The Bertz CT molecular complexity index is 1290. The summed E-state index contributed by atoms with van der Waals surface area (Å²) in [7, 11) is 1.29. The molecule has 1 unspecified atom stereocenters. The number of fused-ring (bicyclic) bond motifs is 1.